The Balaban J connectivity index is 1.85. The van der Waals surface area contributed by atoms with E-state index in [9.17, 15) is 4.39 Å². The van der Waals surface area contributed by atoms with Crippen LogP contribution < -0.4 is 0 Å². The predicted octanol–water partition coefficient (Wildman–Crippen LogP) is 5.82. The van der Waals surface area contributed by atoms with Crippen molar-refractivity contribution < 1.29 is 4.39 Å². The average Bonchev–Trinajstić information content (AvgIpc) is 3.16. The van der Waals surface area contributed by atoms with Crippen molar-refractivity contribution in [2.24, 2.45) is 0 Å². The van der Waals surface area contributed by atoms with E-state index in [1.165, 1.54) is 6.07 Å². The number of fused-ring (bicyclic) bond motifs is 1. The third-order valence-corrected chi connectivity index (χ3v) is 4.67. The first kappa shape index (κ1) is 15.9. The van der Waals surface area contributed by atoms with Crippen LogP contribution in [0, 0.1) is 12.7 Å². The van der Waals surface area contributed by atoms with E-state index in [1.54, 1.807) is 12.1 Å². The minimum absolute atomic E-state index is 0.334. The quantitative estimate of drug-likeness (QED) is 0.494. The van der Waals surface area contributed by atoms with Crippen LogP contribution >= 0.6 is 11.6 Å². The van der Waals surface area contributed by atoms with Gasteiger partial charge in [-0.25, -0.2) is 4.39 Å². The molecule has 4 aromatic rings. The molecule has 5 heteroatoms. The van der Waals surface area contributed by atoms with Crippen molar-refractivity contribution in [2.45, 2.75) is 20.4 Å². The lowest BCUT2D eigenvalue weighted by Crippen LogP contribution is -1.98. The van der Waals surface area contributed by atoms with Crippen molar-refractivity contribution in [3.63, 3.8) is 0 Å². The van der Waals surface area contributed by atoms with E-state index >= 15 is 0 Å². The lowest BCUT2D eigenvalue weighted by Gasteiger charge is -2.04. The Hall–Kier alpha value is -2.59. The number of rotatable bonds is 3. The highest BCUT2D eigenvalue weighted by molar-refractivity contribution is 6.33. The number of H-pyrrole nitrogens is 1. The minimum atomic E-state index is -0.334. The van der Waals surface area contributed by atoms with Crippen molar-refractivity contribution in [3.8, 4) is 22.5 Å². The summed E-state index contributed by atoms with van der Waals surface area (Å²) in [6, 6.07) is 14.9. The molecule has 0 radical (unpaired) electrons. The molecule has 2 heterocycles. The topological polar surface area (TPSA) is 33.6 Å². The zero-order valence-corrected chi connectivity index (χ0v) is 14.7. The molecule has 1 N–H and O–H groups in total. The molecule has 0 saturated heterocycles. The maximum absolute atomic E-state index is 14.2. The lowest BCUT2D eigenvalue weighted by molar-refractivity contribution is 0.631. The molecule has 0 atom stereocenters. The number of hydrogen-bond acceptors (Lipinski definition) is 1. The highest BCUT2D eigenvalue weighted by atomic mass is 35.5. The van der Waals surface area contributed by atoms with Gasteiger partial charge in [-0.1, -0.05) is 23.7 Å². The van der Waals surface area contributed by atoms with Crippen molar-refractivity contribution in [1.82, 2.24) is 14.8 Å². The van der Waals surface area contributed by atoms with Gasteiger partial charge in [0.2, 0.25) is 0 Å². The molecule has 0 aliphatic carbocycles. The summed E-state index contributed by atoms with van der Waals surface area (Å²) in [4.78, 5) is 3.26. The average molecular weight is 354 g/mol. The summed E-state index contributed by atoms with van der Waals surface area (Å²) in [5, 5.41) is 5.91. The highest BCUT2D eigenvalue weighted by Crippen LogP contribution is 2.33. The molecule has 0 saturated carbocycles. The number of aromatic amines is 1. The van der Waals surface area contributed by atoms with Gasteiger partial charge in [0.1, 0.15) is 5.82 Å². The van der Waals surface area contributed by atoms with Gasteiger partial charge in [-0.15, -0.1) is 0 Å². The Morgan fingerprint density at radius 2 is 2.00 bits per heavy atom. The number of benzene rings is 2. The van der Waals surface area contributed by atoms with Crippen molar-refractivity contribution in [1.29, 1.82) is 0 Å². The summed E-state index contributed by atoms with van der Waals surface area (Å²) in [7, 11) is 0. The van der Waals surface area contributed by atoms with Crippen molar-refractivity contribution in [3.05, 3.63) is 65.1 Å². The van der Waals surface area contributed by atoms with E-state index in [0.717, 1.165) is 34.4 Å². The second-order valence-corrected chi connectivity index (χ2v) is 6.48. The van der Waals surface area contributed by atoms with Gasteiger partial charge in [-0.05, 0) is 50.2 Å². The summed E-state index contributed by atoms with van der Waals surface area (Å²) in [5.41, 5.74) is 5.17. The molecule has 126 valence electrons. The van der Waals surface area contributed by atoms with E-state index in [4.69, 9.17) is 11.6 Å². The third-order valence-electron chi connectivity index (χ3n) is 4.35. The maximum atomic E-state index is 14.2. The number of nitrogens with one attached hydrogen (secondary N) is 1. The van der Waals surface area contributed by atoms with Gasteiger partial charge in [0, 0.05) is 23.0 Å². The predicted molar refractivity (Wildman–Crippen MR) is 100 cm³/mol. The van der Waals surface area contributed by atoms with Crippen molar-refractivity contribution in [2.75, 3.05) is 0 Å². The van der Waals surface area contributed by atoms with Gasteiger partial charge >= 0.3 is 0 Å². The molecule has 3 nitrogen and oxygen atoms in total. The van der Waals surface area contributed by atoms with Crippen LogP contribution in [0.25, 0.3) is 33.4 Å². The van der Waals surface area contributed by atoms with Crippen LogP contribution in [-0.4, -0.2) is 14.8 Å². The fourth-order valence-electron chi connectivity index (χ4n) is 3.20. The molecule has 25 heavy (non-hydrogen) atoms. The summed E-state index contributed by atoms with van der Waals surface area (Å²) < 4.78 is 16.2. The Morgan fingerprint density at radius 3 is 2.76 bits per heavy atom. The SMILES string of the molecule is CCn1nc(C)cc1-c1ccc2[nH]c(-c3c(F)cccc3Cl)cc2c1. The molecule has 0 bridgehead atoms. The number of aromatic nitrogens is 3. The molecule has 2 aromatic carbocycles. The lowest BCUT2D eigenvalue weighted by atomic mass is 10.1. The summed E-state index contributed by atoms with van der Waals surface area (Å²) >= 11 is 6.19. The van der Waals surface area contributed by atoms with E-state index in [-0.39, 0.29) is 5.82 Å². The monoisotopic (exact) mass is 353 g/mol. The molecule has 2 aromatic heterocycles. The standard InChI is InChI=1S/C20H17ClFN3/c1-3-25-19(9-12(2)24-25)13-7-8-17-14(10-13)11-18(23-17)20-15(21)5-4-6-16(20)22/h4-11,23H,3H2,1-2H3. The van der Waals surface area contributed by atoms with E-state index in [2.05, 4.69) is 29.1 Å². The number of halogens is 2. The third kappa shape index (κ3) is 2.72. The fraction of sp³-hybridized carbons (Fsp3) is 0.150. The summed E-state index contributed by atoms with van der Waals surface area (Å²) in [6.45, 7) is 4.87. The second-order valence-electron chi connectivity index (χ2n) is 6.07. The number of hydrogen-bond donors (Lipinski definition) is 1. The van der Waals surface area contributed by atoms with Crippen LogP contribution in [0.3, 0.4) is 0 Å². The molecule has 0 spiro atoms. The van der Waals surface area contributed by atoms with E-state index in [1.807, 2.05) is 29.8 Å². The fourth-order valence-corrected chi connectivity index (χ4v) is 3.47. The minimum Gasteiger partial charge on any atom is -0.354 e. The molecule has 4 rings (SSSR count). The zero-order chi connectivity index (χ0) is 17.6. The van der Waals surface area contributed by atoms with Crippen LogP contribution in [-0.2, 0) is 6.54 Å². The molecule has 0 amide bonds. The summed E-state index contributed by atoms with van der Waals surface area (Å²) in [6.07, 6.45) is 0. The van der Waals surface area contributed by atoms with Crippen LogP contribution in [0.4, 0.5) is 4.39 Å². The van der Waals surface area contributed by atoms with E-state index in [0.29, 0.717) is 16.3 Å². The first-order valence-electron chi connectivity index (χ1n) is 8.19. The van der Waals surface area contributed by atoms with Gasteiger partial charge in [0.05, 0.1) is 27.7 Å². The Bertz CT molecular complexity index is 1060. The normalized spacial score (nSPS) is 11.4. The first-order chi connectivity index (χ1) is 12.1. The van der Waals surface area contributed by atoms with Gasteiger partial charge in [0.25, 0.3) is 0 Å². The molecule has 0 unspecified atom stereocenters. The van der Waals surface area contributed by atoms with Gasteiger partial charge in [0.15, 0.2) is 0 Å². The smallest absolute Gasteiger partial charge is 0.134 e. The van der Waals surface area contributed by atoms with Crippen LogP contribution in [0.5, 0.6) is 0 Å². The van der Waals surface area contributed by atoms with E-state index < -0.39 is 0 Å². The molecular formula is C20H17ClFN3. The molecular weight excluding hydrogens is 337 g/mol. The largest absolute Gasteiger partial charge is 0.354 e. The van der Waals surface area contributed by atoms with Gasteiger partial charge in [-0.2, -0.15) is 5.10 Å². The Morgan fingerprint density at radius 1 is 1.16 bits per heavy atom. The van der Waals surface area contributed by atoms with Gasteiger partial charge < -0.3 is 4.98 Å². The first-order valence-corrected chi connectivity index (χ1v) is 8.56. The number of nitrogens with zero attached hydrogens (tertiary/aromatic N) is 2. The summed E-state index contributed by atoms with van der Waals surface area (Å²) in [5.74, 6) is -0.334. The maximum Gasteiger partial charge on any atom is 0.134 e. The van der Waals surface area contributed by atoms with Crippen molar-refractivity contribution >= 4 is 22.5 Å². The molecule has 0 fully saturated rings. The van der Waals surface area contributed by atoms with Crippen LogP contribution in [0.1, 0.15) is 12.6 Å². The molecule has 0 aliphatic rings. The van der Waals surface area contributed by atoms with Gasteiger partial charge in [-0.3, -0.25) is 4.68 Å². The zero-order valence-electron chi connectivity index (χ0n) is 14.0. The second kappa shape index (κ2) is 6.05. The number of aryl methyl sites for hydroxylation is 2. The van der Waals surface area contributed by atoms with Crippen LogP contribution in [0.2, 0.25) is 5.02 Å². The Labute approximate surface area is 150 Å². The molecule has 0 aliphatic heterocycles. The highest BCUT2D eigenvalue weighted by Gasteiger charge is 2.13. The van der Waals surface area contributed by atoms with Crippen LogP contribution in [0.15, 0.2) is 48.5 Å². The Kier molecular flexibility index (Phi) is 3.85.